The number of allylic oxidation sites excluding steroid dienone is 1. The summed E-state index contributed by atoms with van der Waals surface area (Å²) in [6, 6.07) is 14.4. The van der Waals surface area contributed by atoms with Crippen molar-refractivity contribution in [1.29, 1.82) is 0 Å². The number of fused-ring (bicyclic) bond motifs is 3. The maximum atomic E-state index is 13.4. The van der Waals surface area contributed by atoms with E-state index in [9.17, 15) is 14.4 Å². The molecule has 2 aromatic carbocycles. The molecule has 0 bridgehead atoms. The highest BCUT2D eigenvalue weighted by Gasteiger charge is 2.39. The first-order chi connectivity index (χ1) is 19.4. The smallest absolute Gasteiger partial charge is 0.320 e. The van der Waals surface area contributed by atoms with Crippen molar-refractivity contribution in [1.82, 2.24) is 20.5 Å². The SMILES string of the molecule is N[C@H](CCCCNC(=O)[C@@H](Cc1c[nH]c2ccccc12)NC(=O)N1CCC2(C=Cc3ccccc32)CC1)C(=O)O. The summed E-state index contributed by atoms with van der Waals surface area (Å²) in [6.07, 6.45) is 9.90. The van der Waals surface area contributed by atoms with Gasteiger partial charge in [0.15, 0.2) is 0 Å². The van der Waals surface area contributed by atoms with Gasteiger partial charge in [-0.2, -0.15) is 0 Å². The minimum absolute atomic E-state index is 0.0304. The van der Waals surface area contributed by atoms with Crippen LogP contribution in [-0.2, 0) is 21.4 Å². The summed E-state index contributed by atoms with van der Waals surface area (Å²) in [5.74, 6) is -1.29. The zero-order chi connectivity index (χ0) is 28.1. The van der Waals surface area contributed by atoms with E-state index in [0.29, 0.717) is 45.3 Å². The molecule has 1 saturated heterocycles. The lowest BCUT2D eigenvalue weighted by Gasteiger charge is -2.39. The number of hydrogen-bond donors (Lipinski definition) is 5. The number of H-pyrrole nitrogens is 1. The zero-order valence-electron chi connectivity index (χ0n) is 22.6. The van der Waals surface area contributed by atoms with Crippen molar-refractivity contribution in [2.24, 2.45) is 5.73 Å². The first-order valence-corrected chi connectivity index (χ1v) is 14.0. The van der Waals surface area contributed by atoms with Crippen molar-refractivity contribution in [3.8, 4) is 0 Å². The molecule has 6 N–H and O–H groups in total. The Bertz CT molecular complexity index is 1410. The van der Waals surface area contributed by atoms with Gasteiger partial charge in [0.1, 0.15) is 12.1 Å². The average Bonchev–Trinajstić information content (AvgIpc) is 3.54. The molecule has 1 fully saturated rings. The van der Waals surface area contributed by atoms with E-state index in [2.05, 4.69) is 52.0 Å². The molecule has 9 heteroatoms. The van der Waals surface area contributed by atoms with Crippen LogP contribution in [0.1, 0.15) is 48.8 Å². The number of rotatable bonds is 10. The third-order valence-corrected chi connectivity index (χ3v) is 8.29. The molecule has 2 heterocycles. The third-order valence-electron chi connectivity index (χ3n) is 8.29. The second kappa shape index (κ2) is 12.0. The second-order valence-electron chi connectivity index (χ2n) is 10.9. The molecule has 9 nitrogen and oxygen atoms in total. The number of carbonyl (C=O) groups excluding carboxylic acids is 2. The number of unbranched alkanes of at least 4 members (excludes halogenated alkanes) is 1. The fourth-order valence-electron chi connectivity index (χ4n) is 5.90. The molecule has 0 radical (unpaired) electrons. The number of aliphatic carboxylic acids is 1. The lowest BCUT2D eigenvalue weighted by molar-refractivity contribution is -0.138. The van der Waals surface area contributed by atoms with Gasteiger partial charge in [0.05, 0.1) is 0 Å². The van der Waals surface area contributed by atoms with Gasteiger partial charge >= 0.3 is 12.0 Å². The predicted molar refractivity (Wildman–Crippen MR) is 155 cm³/mol. The normalized spacial score (nSPS) is 17.0. The third kappa shape index (κ3) is 5.89. The van der Waals surface area contributed by atoms with E-state index in [-0.39, 0.29) is 17.4 Å². The summed E-state index contributed by atoms with van der Waals surface area (Å²) in [7, 11) is 0. The minimum Gasteiger partial charge on any atom is -0.480 e. The van der Waals surface area contributed by atoms with Crippen molar-refractivity contribution in [3.63, 3.8) is 0 Å². The summed E-state index contributed by atoms with van der Waals surface area (Å²) in [5.41, 5.74) is 10.0. The van der Waals surface area contributed by atoms with E-state index in [1.54, 1.807) is 0 Å². The maximum absolute atomic E-state index is 13.4. The lowest BCUT2D eigenvalue weighted by atomic mass is 9.74. The molecule has 1 aromatic heterocycles. The van der Waals surface area contributed by atoms with Gasteiger partial charge in [-0.05, 0) is 54.9 Å². The highest BCUT2D eigenvalue weighted by Crippen LogP contribution is 2.43. The van der Waals surface area contributed by atoms with Crippen LogP contribution in [0.3, 0.4) is 0 Å². The number of amides is 3. The highest BCUT2D eigenvalue weighted by atomic mass is 16.4. The Morgan fingerprint density at radius 1 is 1.05 bits per heavy atom. The van der Waals surface area contributed by atoms with E-state index < -0.39 is 18.1 Å². The highest BCUT2D eigenvalue weighted by molar-refractivity contribution is 5.89. The van der Waals surface area contributed by atoms with Crippen LogP contribution in [0.2, 0.25) is 0 Å². The molecule has 0 saturated carbocycles. The summed E-state index contributed by atoms with van der Waals surface area (Å²) in [4.78, 5) is 42.7. The number of nitrogens with zero attached hydrogens (tertiary/aromatic N) is 1. The van der Waals surface area contributed by atoms with Gasteiger partial charge in [0.2, 0.25) is 5.91 Å². The topological polar surface area (TPSA) is 141 Å². The van der Waals surface area contributed by atoms with Gasteiger partial charge in [0, 0.05) is 48.6 Å². The van der Waals surface area contributed by atoms with Crippen LogP contribution in [0.5, 0.6) is 0 Å². The summed E-state index contributed by atoms with van der Waals surface area (Å²) in [5, 5.41) is 15.9. The molecule has 2 aliphatic rings. The average molecular weight is 544 g/mol. The number of likely N-dealkylation sites (tertiary alicyclic amines) is 1. The number of benzene rings is 2. The van der Waals surface area contributed by atoms with Crippen LogP contribution in [0.4, 0.5) is 4.79 Å². The summed E-state index contributed by atoms with van der Waals surface area (Å²) < 4.78 is 0. The Morgan fingerprint density at radius 2 is 1.80 bits per heavy atom. The van der Waals surface area contributed by atoms with Gasteiger partial charge in [-0.15, -0.1) is 0 Å². The van der Waals surface area contributed by atoms with Crippen molar-refractivity contribution in [3.05, 3.63) is 77.5 Å². The fourth-order valence-corrected chi connectivity index (χ4v) is 5.90. The van der Waals surface area contributed by atoms with Crippen molar-refractivity contribution in [2.45, 2.75) is 56.0 Å². The van der Waals surface area contributed by atoms with Gasteiger partial charge < -0.3 is 31.4 Å². The molecule has 3 aromatic rings. The number of hydrogen-bond acceptors (Lipinski definition) is 4. The number of urea groups is 1. The number of carbonyl (C=O) groups is 3. The van der Waals surface area contributed by atoms with E-state index in [1.807, 2.05) is 35.4 Å². The monoisotopic (exact) mass is 543 g/mol. The molecular formula is C31H37N5O4. The van der Waals surface area contributed by atoms with Crippen LogP contribution < -0.4 is 16.4 Å². The second-order valence-corrected chi connectivity index (χ2v) is 10.9. The van der Waals surface area contributed by atoms with Crippen molar-refractivity contribution < 1.29 is 19.5 Å². The first-order valence-electron chi connectivity index (χ1n) is 14.0. The molecule has 1 aliphatic heterocycles. The minimum atomic E-state index is -1.03. The van der Waals surface area contributed by atoms with Crippen molar-refractivity contribution in [2.75, 3.05) is 19.6 Å². The van der Waals surface area contributed by atoms with Crippen molar-refractivity contribution >= 4 is 34.9 Å². The standard InChI is InChI=1S/C31H37N5O4/c32-25(29(38)39)10-5-6-16-33-28(37)27(19-22-20-34-26-11-4-2-8-23(22)26)35-30(40)36-17-14-31(15-18-36)13-12-21-7-1-3-9-24(21)31/h1-4,7-9,11-13,20,25,27,34H,5-6,10,14-19,32H2,(H,33,37)(H,35,40)(H,38,39)/t25-,27-/m1/s1. The molecule has 1 spiro atoms. The quantitative estimate of drug-likeness (QED) is 0.249. The van der Waals surface area contributed by atoms with Gasteiger partial charge in [0.25, 0.3) is 0 Å². The van der Waals surface area contributed by atoms with E-state index in [0.717, 1.165) is 29.3 Å². The Balaban J connectivity index is 1.22. The lowest BCUT2D eigenvalue weighted by Crippen LogP contribution is -2.54. The molecule has 1 aliphatic carbocycles. The van der Waals surface area contributed by atoms with Crippen LogP contribution >= 0.6 is 0 Å². The Kier molecular flexibility index (Phi) is 8.21. The van der Waals surface area contributed by atoms with Gasteiger partial charge in [-0.3, -0.25) is 9.59 Å². The maximum Gasteiger partial charge on any atom is 0.320 e. The number of carboxylic acid groups (broad SMARTS) is 1. The first kappa shape index (κ1) is 27.5. The largest absolute Gasteiger partial charge is 0.480 e. The number of para-hydroxylation sites is 1. The van der Waals surface area contributed by atoms with E-state index in [1.165, 1.54) is 11.1 Å². The molecular weight excluding hydrogens is 506 g/mol. The molecule has 3 amide bonds. The van der Waals surface area contributed by atoms with Gasteiger partial charge in [-0.1, -0.05) is 54.6 Å². The van der Waals surface area contributed by atoms with Crippen LogP contribution in [0.15, 0.2) is 60.8 Å². The molecule has 0 unspecified atom stereocenters. The molecule has 5 rings (SSSR count). The van der Waals surface area contributed by atoms with E-state index in [4.69, 9.17) is 10.8 Å². The zero-order valence-corrected chi connectivity index (χ0v) is 22.6. The number of piperidine rings is 1. The summed E-state index contributed by atoms with van der Waals surface area (Å²) in [6.45, 7) is 1.59. The fraction of sp³-hybridized carbons (Fsp3) is 0.387. The Labute approximate surface area is 233 Å². The Morgan fingerprint density at radius 3 is 2.60 bits per heavy atom. The predicted octanol–water partition coefficient (Wildman–Crippen LogP) is 3.55. The number of aromatic amines is 1. The molecule has 210 valence electrons. The molecule has 40 heavy (non-hydrogen) atoms. The Hall–Kier alpha value is -4.11. The van der Waals surface area contributed by atoms with Crippen LogP contribution in [-0.4, -0.2) is 64.6 Å². The van der Waals surface area contributed by atoms with Gasteiger partial charge in [-0.25, -0.2) is 4.79 Å². The van der Waals surface area contributed by atoms with Crippen LogP contribution in [0.25, 0.3) is 17.0 Å². The number of aromatic nitrogens is 1. The number of nitrogens with one attached hydrogen (secondary N) is 3. The van der Waals surface area contributed by atoms with E-state index >= 15 is 0 Å². The summed E-state index contributed by atoms with van der Waals surface area (Å²) >= 11 is 0. The van der Waals surface area contributed by atoms with Crippen LogP contribution in [0, 0.1) is 0 Å². The number of nitrogens with two attached hydrogens (primary N) is 1. The number of carboxylic acids is 1. The molecule has 2 atom stereocenters.